The first-order valence-electron chi connectivity index (χ1n) is 10.3. The summed E-state index contributed by atoms with van der Waals surface area (Å²) >= 11 is 6.48. The van der Waals surface area contributed by atoms with E-state index >= 15 is 4.39 Å². The van der Waals surface area contributed by atoms with Crippen LogP contribution in [0.25, 0.3) is 38.4 Å². The average Bonchev–Trinajstić information content (AvgIpc) is 3.52. The predicted molar refractivity (Wildman–Crippen MR) is 123 cm³/mol. The van der Waals surface area contributed by atoms with Crippen LogP contribution in [0, 0.1) is 5.82 Å². The van der Waals surface area contributed by atoms with Crippen LogP contribution in [0.1, 0.15) is 28.0 Å². The molecule has 1 N–H and O–H groups in total. The van der Waals surface area contributed by atoms with E-state index in [0.29, 0.717) is 26.9 Å². The lowest BCUT2D eigenvalue weighted by atomic mass is 9.93. The summed E-state index contributed by atoms with van der Waals surface area (Å²) in [5.41, 5.74) is 1.71. The Labute approximate surface area is 195 Å². The number of allylic oxidation sites excluding steroid dienone is 4. The van der Waals surface area contributed by atoms with E-state index in [2.05, 4.69) is 5.16 Å². The van der Waals surface area contributed by atoms with Crippen molar-refractivity contribution in [3.05, 3.63) is 82.6 Å². The highest BCUT2D eigenvalue weighted by atomic mass is 35.5. The molecule has 0 amide bonds. The van der Waals surface area contributed by atoms with Crippen LogP contribution in [0.2, 0.25) is 5.02 Å². The first-order chi connectivity index (χ1) is 16.4. The SMILES string of the molecule is O=C1CC=CC=C1c1c(C(=O)O)n(Cc2cc3oncc3cc2Cl)c2cc(F)c3ccoc3c12. The maximum atomic E-state index is 15.0. The largest absolute Gasteiger partial charge is 0.477 e. The molecule has 0 saturated carbocycles. The molecule has 5 aromatic rings. The van der Waals surface area contributed by atoms with E-state index in [9.17, 15) is 14.7 Å². The number of fused-ring (bicyclic) bond motifs is 4. The molecule has 0 saturated heterocycles. The van der Waals surface area contributed by atoms with E-state index in [4.69, 9.17) is 20.5 Å². The van der Waals surface area contributed by atoms with Gasteiger partial charge in [-0.1, -0.05) is 35.0 Å². The number of hydrogen-bond donors (Lipinski definition) is 1. The van der Waals surface area contributed by atoms with Crippen LogP contribution in [-0.2, 0) is 11.3 Å². The van der Waals surface area contributed by atoms with Gasteiger partial charge in [0.15, 0.2) is 11.4 Å². The molecule has 0 unspecified atom stereocenters. The predicted octanol–water partition coefficient (Wildman–Crippen LogP) is 5.98. The highest BCUT2D eigenvalue weighted by Crippen LogP contribution is 2.40. The smallest absolute Gasteiger partial charge is 0.353 e. The van der Waals surface area contributed by atoms with E-state index in [-0.39, 0.29) is 52.1 Å². The summed E-state index contributed by atoms with van der Waals surface area (Å²) in [7, 11) is 0. The van der Waals surface area contributed by atoms with Crippen molar-refractivity contribution in [1.29, 1.82) is 0 Å². The maximum Gasteiger partial charge on any atom is 0.353 e. The van der Waals surface area contributed by atoms with Gasteiger partial charge in [-0.15, -0.1) is 0 Å². The van der Waals surface area contributed by atoms with Gasteiger partial charge in [-0.2, -0.15) is 0 Å². The molecule has 0 radical (unpaired) electrons. The van der Waals surface area contributed by atoms with E-state index in [0.717, 1.165) is 0 Å². The number of ketones is 1. The molecular formula is C25H14ClFN2O5. The number of benzene rings is 2. The molecule has 0 fully saturated rings. The molecule has 2 aromatic carbocycles. The summed E-state index contributed by atoms with van der Waals surface area (Å²) in [6.45, 7) is -0.0173. The molecule has 1 aliphatic rings. The van der Waals surface area contributed by atoms with Crippen LogP contribution >= 0.6 is 11.6 Å². The lowest BCUT2D eigenvalue weighted by Crippen LogP contribution is -2.13. The number of carbonyl (C=O) groups excluding carboxylic acids is 1. The van der Waals surface area contributed by atoms with Gasteiger partial charge in [0, 0.05) is 28.0 Å². The summed E-state index contributed by atoms with van der Waals surface area (Å²) in [4.78, 5) is 25.4. The standard InChI is InChI=1S/C25H14ClFN2O5/c26-16-7-12-10-28-34-20(12)8-13(16)11-29-18-9-17(27)14-5-6-33-24(14)22(18)21(23(29)25(31)32)15-3-1-2-4-19(15)30/h1-3,5-10H,4,11H2,(H,31,32). The number of aromatic carboxylic acids is 1. The lowest BCUT2D eigenvalue weighted by Gasteiger charge is -2.12. The van der Waals surface area contributed by atoms with Crippen molar-refractivity contribution in [2.24, 2.45) is 0 Å². The van der Waals surface area contributed by atoms with Gasteiger partial charge in [-0.25, -0.2) is 9.18 Å². The van der Waals surface area contributed by atoms with E-state index in [1.54, 1.807) is 30.4 Å². The van der Waals surface area contributed by atoms with Crippen molar-refractivity contribution in [3.8, 4) is 0 Å². The first-order valence-corrected chi connectivity index (χ1v) is 10.7. The Bertz CT molecular complexity index is 1740. The van der Waals surface area contributed by atoms with Crippen molar-refractivity contribution in [2.75, 3.05) is 0 Å². The number of carboxylic acid groups (broad SMARTS) is 1. The number of halogens is 2. The average molecular weight is 477 g/mol. The van der Waals surface area contributed by atoms with Gasteiger partial charge in [0.2, 0.25) is 0 Å². The second-order valence-corrected chi connectivity index (χ2v) is 8.38. The highest BCUT2D eigenvalue weighted by Gasteiger charge is 2.31. The Morgan fingerprint density at radius 3 is 2.94 bits per heavy atom. The quantitative estimate of drug-likeness (QED) is 0.342. The number of furan rings is 1. The topological polar surface area (TPSA) is 98.5 Å². The summed E-state index contributed by atoms with van der Waals surface area (Å²) in [5, 5.41) is 15.6. The normalized spacial score (nSPS) is 13.9. The van der Waals surface area contributed by atoms with Crippen LogP contribution in [0.4, 0.5) is 4.39 Å². The Hall–Kier alpha value is -4.17. The lowest BCUT2D eigenvalue weighted by molar-refractivity contribution is -0.113. The molecule has 0 spiro atoms. The van der Waals surface area contributed by atoms with Crippen molar-refractivity contribution in [1.82, 2.24) is 9.72 Å². The molecule has 1 aliphatic carbocycles. The number of hydrogen-bond acceptors (Lipinski definition) is 5. The molecular weight excluding hydrogens is 463 g/mol. The molecule has 3 heterocycles. The third-order valence-corrected chi connectivity index (χ3v) is 6.39. The van der Waals surface area contributed by atoms with E-state index in [1.807, 2.05) is 0 Å². The molecule has 34 heavy (non-hydrogen) atoms. The Morgan fingerprint density at radius 2 is 2.15 bits per heavy atom. The molecule has 9 heteroatoms. The van der Waals surface area contributed by atoms with Gasteiger partial charge >= 0.3 is 5.97 Å². The Balaban J connectivity index is 1.72. The number of carbonyl (C=O) groups is 2. The first kappa shape index (κ1) is 20.4. The fourth-order valence-corrected chi connectivity index (χ4v) is 4.77. The summed E-state index contributed by atoms with van der Waals surface area (Å²) < 4.78 is 27.3. The number of aromatic nitrogens is 2. The minimum Gasteiger partial charge on any atom is -0.477 e. The number of Topliss-reactive ketones (excluding diaryl/α,β-unsaturated/α-hetero) is 1. The van der Waals surface area contributed by atoms with Gasteiger partial charge in [0.05, 0.1) is 35.3 Å². The van der Waals surface area contributed by atoms with Crippen LogP contribution in [-0.4, -0.2) is 26.6 Å². The van der Waals surface area contributed by atoms with E-state index in [1.165, 1.54) is 29.2 Å². The van der Waals surface area contributed by atoms with Crippen LogP contribution in [0.3, 0.4) is 0 Å². The third-order valence-electron chi connectivity index (χ3n) is 6.04. The fraction of sp³-hybridized carbons (Fsp3) is 0.0800. The van der Waals surface area contributed by atoms with E-state index < -0.39 is 11.8 Å². The Morgan fingerprint density at radius 1 is 1.29 bits per heavy atom. The number of nitrogens with zero attached hydrogens (tertiary/aromatic N) is 2. The molecule has 3 aromatic heterocycles. The van der Waals surface area contributed by atoms with Gasteiger partial charge in [0.1, 0.15) is 17.1 Å². The molecule has 0 bridgehead atoms. The zero-order valence-electron chi connectivity index (χ0n) is 17.3. The minimum absolute atomic E-state index is 0.0173. The minimum atomic E-state index is -1.27. The van der Waals surface area contributed by atoms with Gasteiger partial charge < -0.3 is 18.6 Å². The molecule has 168 valence electrons. The third kappa shape index (κ3) is 2.92. The van der Waals surface area contributed by atoms with Crippen molar-refractivity contribution >= 4 is 61.8 Å². The second-order valence-electron chi connectivity index (χ2n) is 7.97. The number of rotatable bonds is 4. The maximum absolute atomic E-state index is 15.0. The summed E-state index contributed by atoms with van der Waals surface area (Å²) in [6, 6.07) is 6.06. The summed E-state index contributed by atoms with van der Waals surface area (Å²) in [5.74, 6) is -2.08. The molecule has 0 aliphatic heterocycles. The summed E-state index contributed by atoms with van der Waals surface area (Å²) in [6.07, 6.45) is 7.95. The highest BCUT2D eigenvalue weighted by molar-refractivity contribution is 6.32. The fourth-order valence-electron chi connectivity index (χ4n) is 4.54. The number of carboxylic acids is 1. The zero-order valence-corrected chi connectivity index (χ0v) is 18.1. The molecule has 7 nitrogen and oxygen atoms in total. The van der Waals surface area contributed by atoms with Crippen molar-refractivity contribution in [2.45, 2.75) is 13.0 Å². The van der Waals surface area contributed by atoms with Gasteiger partial charge in [0.25, 0.3) is 0 Å². The van der Waals surface area contributed by atoms with Crippen molar-refractivity contribution < 1.29 is 28.0 Å². The second kappa shape index (κ2) is 7.43. The van der Waals surface area contributed by atoms with Crippen LogP contribution in [0.15, 0.2) is 63.9 Å². The Kier molecular flexibility index (Phi) is 4.46. The monoisotopic (exact) mass is 476 g/mol. The molecule has 0 atom stereocenters. The van der Waals surface area contributed by atoms with Gasteiger partial charge in [-0.05, 0) is 29.8 Å². The zero-order chi connectivity index (χ0) is 23.6. The van der Waals surface area contributed by atoms with Crippen LogP contribution in [0.5, 0.6) is 0 Å². The van der Waals surface area contributed by atoms with Crippen molar-refractivity contribution in [3.63, 3.8) is 0 Å². The molecule has 6 rings (SSSR count). The van der Waals surface area contributed by atoms with Gasteiger partial charge in [-0.3, -0.25) is 4.79 Å². The van der Waals surface area contributed by atoms with Crippen LogP contribution < -0.4 is 0 Å².